The molecule has 2 aromatic carbocycles. The van der Waals surface area contributed by atoms with E-state index in [0.717, 1.165) is 4.31 Å². The lowest BCUT2D eigenvalue weighted by molar-refractivity contribution is -0.123. The number of nitrogen functional groups attached to an aromatic ring is 1. The first-order chi connectivity index (χ1) is 13.0. The summed E-state index contributed by atoms with van der Waals surface area (Å²) in [6.45, 7) is 3.16. The van der Waals surface area contributed by atoms with Crippen LogP contribution in [0.15, 0.2) is 47.4 Å². The summed E-state index contributed by atoms with van der Waals surface area (Å²) in [5.74, 6) is -1.24. The smallest absolute Gasteiger partial charge is 0.338 e. The fourth-order valence-corrected chi connectivity index (χ4v) is 3.17. The Balaban J connectivity index is 2.13. The van der Waals surface area contributed by atoms with Gasteiger partial charge in [0.2, 0.25) is 10.0 Å². The lowest BCUT2D eigenvalue weighted by Gasteiger charge is -2.17. The predicted molar refractivity (Wildman–Crippen MR) is 106 cm³/mol. The molecule has 0 unspecified atom stereocenters. The third kappa shape index (κ3) is 4.87. The second-order valence-electron chi connectivity index (χ2n) is 6.42. The molecule has 0 aromatic heterocycles. The largest absolute Gasteiger partial charge is 0.449 e. The highest BCUT2D eigenvalue weighted by Gasteiger charge is 2.22. The average Bonchev–Trinajstić information content (AvgIpc) is 2.63. The number of esters is 1. The van der Waals surface area contributed by atoms with Crippen LogP contribution in [0.5, 0.6) is 0 Å². The van der Waals surface area contributed by atoms with E-state index in [4.69, 9.17) is 10.5 Å². The molecule has 0 spiro atoms. The molecule has 0 bridgehead atoms. The van der Waals surface area contributed by atoms with Crippen LogP contribution in [0.4, 0.5) is 11.4 Å². The highest BCUT2D eigenvalue weighted by atomic mass is 32.2. The summed E-state index contributed by atoms with van der Waals surface area (Å²) in [6, 6.07) is 10.5. The van der Waals surface area contributed by atoms with Crippen molar-refractivity contribution in [1.29, 1.82) is 0 Å². The van der Waals surface area contributed by atoms with Gasteiger partial charge in [-0.15, -0.1) is 0 Å². The number of carbonyl (C=O) groups excluding carboxylic acids is 2. The Hall–Kier alpha value is -2.91. The molecule has 0 saturated heterocycles. The first kappa shape index (κ1) is 21.4. The van der Waals surface area contributed by atoms with E-state index >= 15 is 0 Å². The van der Waals surface area contributed by atoms with Crippen molar-refractivity contribution in [3.8, 4) is 0 Å². The van der Waals surface area contributed by atoms with Crippen molar-refractivity contribution >= 4 is 33.3 Å². The van der Waals surface area contributed by atoms with Crippen molar-refractivity contribution in [1.82, 2.24) is 4.31 Å². The van der Waals surface area contributed by atoms with E-state index in [1.807, 2.05) is 0 Å². The molecule has 8 nitrogen and oxygen atoms in total. The maximum absolute atomic E-state index is 12.4. The van der Waals surface area contributed by atoms with Gasteiger partial charge >= 0.3 is 5.97 Å². The van der Waals surface area contributed by atoms with E-state index in [1.54, 1.807) is 25.1 Å². The number of nitrogens with two attached hydrogens (primary N) is 1. The van der Waals surface area contributed by atoms with Gasteiger partial charge in [0.05, 0.1) is 10.5 Å². The van der Waals surface area contributed by atoms with Crippen molar-refractivity contribution in [3.63, 3.8) is 0 Å². The number of benzene rings is 2. The molecule has 1 atom stereocenters. The zero-order valence-corrected chi connectivity index (χ0v) is 16.9. The first-order valence-corrected chi connectivity index (χ1v) is 9.87. The Morgan fingerprint density at radius 2 is 1.71 bits per heavy atom. The van der Waals surface area contributed by atoms with Gasteiger partial charge in [-0.05, 0) is 55.8 Å². The molecule has 0 aliphatic rings. The SMILES string of the molecule is Cc1ccc(S(=O)(=O)N(C)C)cc1NC(=O)[C@@H](C)OC(=O)c1ccc(N)cc1. The quantitative estimate of drug-likeness (QED) is 0.561. The molecular formula is C19H23N3O5S. The van der Waals surface area contributed by atoms with E-state index in [1.165, 1.54) is 45.3 Å². The van der Waals surface area contributed by atoms with Gasteiger partial charge in [-0.1, -0.05) is 6.07 Å². The Morgan fingerprint density at radius 1 is 1.11 bits per heavy atom. The minimum atomic E-state index is -3.64. The minimum absolute atomic E-state index is 0.0462. The highest BCUT2D eigenvalue weighted by molar-refractivity contribution is 7.89. The van der Waals surface area contributed by atoms with E-state index in [9.17, 15) is 18.0 Å². The van der Waals surface area contributed by atoms with Crippen molar-refractivity contribution in [2.75, 3.05) is 25.1 Å². The Kier molecular flexibility index (Phi) is 6.42. The molecule has 0 heterocycles. The van der Waals surface area contributed by atoms with Crippen LogP contribution >= 0.6 is 0 Å². The first-order valence-electron chi connectivity index (χ1n) is 8.43. The molecule has 2 rings (SSSR count). The van der Waals surface area contributed by atoms with E-state index < -0.39 is 28.0 Å². The summed E-state index contributed by atoms with van der Waals surface area (Å²) in [6.07, 6.45) is -1.08. The second kappa shape index (κ2) is 8.41. The number of hydrogen-bond donors (Lipinski definition) is 2. The van der Waals surface area contributed by atoms with Crippen molar-refractivity contribution in [2.45, 2.75) is 24.8 Å². The summed E-state index contributed by atoms with van der Waals surface area (Å²) < 4.78 is 30.8. The highest BCUT2D eigenvalue weighted by Crippen LogP contribution is 2.22. The summed E-state index contributed by atoms with van der Waals surface area (Å²) in [5.41, 5.74) is 7.34. The van der Waals surface area contributed by atoms with E-state index in [0.29, 0.717) is 16.9 Å². The van der Waals surface area contributed by atoms with Crippen LogP contribution in [-0.4, -0.2) is 44.8 Å². The normalized spacial score (nSPS) is 12.5. The summed E-state index contributed by atoms with van der Waals surface area (Å²) in [4.78, 5) is 24.6. The number of ether oxygens (including phenoxy) is 1. The molecule has 28 heavy (non-hydrogen) atoms. The Labute approximate surface area is 164 Å². The molecule has 0 aliphatic heterocycles. The third-order valence-corrected chi connectivity index (χ3v) is 5.86. The number of rotatable bonds is 6. The number of sulfonamides is 1. The van der Waals surface area contributed by atoms with Gasteiger partial charge in [0.25, 0.3) is 5.91 Å². The van der Waals surface area contributed by atoms with Crippen molar-refractivity contribution in [2.24, 2.45) is 0 Å². The number of aryl methyl sites for hydroxylation is 1. The molecule has 0 radical (unpaired) electrons. The van der Waals surface area contributed by atoms with Gasteiger partial charge in [-0.2, -0.15) is 0 Å². The summed E-state index contributed by atoms with van der Waals surface area (Å²) in [7, 11) is -0.799. The fourth-order valence-electron chi connectivity index (χ4n) is 2.24. The van der Waals surface area contributed by atoms with E-state index in [2.05, 4.69) is 5.32 Å². The molecule has 0 fully saturated rings. The Bertz CT molecular complexity index is 985. The van der Waals surface area contributed by atoms with Gasteiger partial charge in [0.15, 0.2) is 6.10 Å². The number of hydrogen-bond acceptors (Lipinski definition) is 6. The number of carbonyl (C=O) groups is 2. The zero-order valence-electron chi connectivity index (χ0n) is 16.1. The fraction of sp³-hybridized carbons (Fsp3) is 0.263. The lowest BCUT2D eigenvalue weighted by atomic mass is 10.2. The average molecular weight is 405 g/mol. The maximum atomic E-state index is 12.4. The topological polar surface area (TPSA) is 119 Å². The van der Waals surface area contributed by atoms with Crippen molar-refractivity contribution in [3.05, 3.63) is 53.6 Å². The second-order valence-corrected chi connectivity index (χ2v) is 8.57. The van der Waals surface area contributed by atoms with Crippen LogP contribution in [-0.2, 0) is 19.6 Å². The Morgan fingerprint density at radius 3 is 2.29 bits per heavy atom. The van der Waals surface area contributed by atoms with Gasteiger partial charge in [-0.3, -0.25) is 4.79 Å². The van der Waals surface area contributed by atoms with Crippen LogP contribution < -0.4 is 11.1 Å². The third-order valence-electron chi connectivity index (χ3n) is 4.04. The molecule has 0 aliphatic carbocycles. The van der Waals surface area contributed by atoms with Gasteiger partial charge in [0, 0.05) is 25.5 Å². The van der Waals surface area contributed by atoms with Gasteiger partial charge in [-0.25, -0.2) is 17.5 Å². The number of anilines is 2. The monoisotopic (exact) mass is 405 g/mol. The molecule has 1 amide bonds. The van der Waals surface area contributed by atoms with Gasteiger partial charge in [0.1, 0.15) is 0 Å². The zero-order chi connectivity index (χ0) is 21.1. The molecule has 2 aromatic rings. The molecule has 9 heteroatoms. The number of nitrogens with zero attached hydrogens (tertiary/aromatic N) is 1. The summed E-state index contributed by atoms with van der Waals surface area (Å²) in [5, 5.41) is 2.61. The predicted octanol–water partition coefficient (Wildman–Crippen LogP) is 2.01. The van der Waals surface area contributed by atoms with Crippen LogP contribution in [0.25, 0.3) is 0 Å². The van der Waals surface area contributed by atoms with Crippen molar-refractivity contribution < 1.29 is 22.7 Å². The van der Waals surface area contributed by atoms with Crippen LogP contribution in [0.3, 0.4) is 0 Å². The van der Waals surface area contributed by atoms with Crippen LogP contribution in [0, 0.1) is 6.92 Å². The number of nitrogens with one attached hydrogen (secondary N) is 1. The maximum Gasteiger partial charge on any atom is 0.338 e. The minimum Gasteiger partial charge on any atom is -0.449 e. The standard InChI is InChI=1S/C19H23N3O5S/c1-12-5-10-16(28(25,26)22(3)4)11-17(12)21-18(23)13(2)27-19(24)14-6-8-15(20)9-7-14/h5-11,13H,20H2,1-4H3,(H,21,23)/t13-/m1/s1. The molecule has 3 N–H and O–H groups in total. The van der Waals surface area contributed by atoms with Crippen LogP contribution in [0.2, 0.25) is 0 Å². The van der Waals surface area contributed by atoms with Gasteiger partial charge < -0.3 is 15.8 Å². The summed E-state index contributed by atoms with van der Waals surface area (Å²) >= 11 is 0. The molecular weight excluding hydrogens is 382 g/mol. The van der Waals surface area contributed by atoms with E-state index in [-0.39, 0.29) is 10.5 Å². The molecule has 0 saturated carbocycles. The molecule has 150 valence electrons. The van der Waals surface area contributed by atoms with Crippen LogP contribution in [0.1, 0.15) is 22.8 Å². The lowest BCUT2D eigenvalue weighted by Crippen LogP contribution is -2.30. The number of amides is 1.